The molecule has 1 amide bonds. The lowest BCUT2D eigenvalue weighted by molar-refractivity contribution is -0.147. The molecular formula is C25H28N6O3S. The lowest BCUT2D eigenvalue weighted by Gasteiger charge is -2.37. The molecule has 182 valence electrons. The standard InChI is InChI=1S/C25H28N6O3S/c1-14-10-30(11-15(2)34-14)25(32)16-4-5-18-21(8-16)35-24-22(18)23(26-13-27-24)29-19-9-17-6-7-28-31(17)12-20(19)33-3/h6-7,9,12-16H,4-5,8,10-11H2,1-3H3,(H,26,27,29)/t14-,15+,16-/m0/s1. The van der Waals surface area contributed by atoms with E-state index in [9.17, 15) is 4.79 Å². The van der Waals surface area contributed by atoms with E-state index in [0.717, 1.165) is 46.5 Å². The van der Waals surface area contributed by atoms with Crippen molar-refractivity contribution in [1.29, 1.82) is 0 Å². The molecule has 0 radical (unpaired) electrons. The molecule has 4 aromatic heterocycles. The van der Waals surface area contributed by atoms with Crippen molar-refractivity contribution in [1.82, 2.24) is 24.5 Å². The topological polar surface area (TPSA) is 93.9 Å². The smallest absolute Gasteiger partial charge is 0.226 e. The van der Waals surface area contributed by atoms with Gasteiger partial charge in [0.05, 0.1) is 42.1 Å². The fraction of sp³-hybridized carbons (Fsp3) is 0.440. The molecule has 2 aliphatic rings. The van der Waals surface area contributed by atoms with E-state index in [4.69, 9.17) is 9.47 Å². The van der Waals surface area contributed by atoms with E-state index in [2.05, 4.69) is 20.4 Å². The van der Waals surface area contributed by atoms with Crippen LogP contribution in [-0.2, 0) is 22.4 Å². The number of ether oxygens (including phenoxy) is 2. The van der Waals surface area contributed by atoms with Gasteiger partial charge in [-0.15, -0.1) is 11.3 Å². The zero-order valence-corrected chi connectivity index (χ0v) is 20.8. The van der Waals surface area contributed by atoms with E-state index in [1.165, 1.54) is 10.4 Å². The van der Waals surface area contributed by atoms with Crippen molar-refractivity contribution in [3.63, 3.8) is 0 Å². The molecule has 35 heavy (non-hydrogen) atoms. The Hall–Kier alpha value is -3.24. The molecule has 1 N–H and O–H groups in total. The average Bonchev–Trinajstić information content (AvgIpc) is 3.46. The van der Waals surface area contributed by atoms with E-state index >= 15 is 0 Å². The van der Waals surface area contributed by atoms with Crippen LogP contribution in [0.2, 0.25) is 0 Å². The van der Waals surface area contributed by atoms with Crippen LogP contribution < -0.4 is 10.1 Å². The van der Waals surface area contributed by atoms with Gasteiger partial charge in [0.1, 0.15) is 17.0 Å². The molecular weight excluding hydrogens is 464 g/mol. The highest BCUT2D eigenvalue weighted by atomic mass is 32.1. The number of amides is 1. The summed E-state index contributed by atoms with van der Waals surface area (Å²) >= 11 is 1.68. The zero-order valence-electron chi connectivity index (χ0n) is 20.0. The van der Waals surface area contributed by atoms with Gasteiger partial charge in [0.2, 0.25) is 5.91 Å². The van der Waals surface area contributed by atoms with Crippen LogP contribution in [0.25, 0.3) is 15.7 Å². The molecule has 0 aromatic carbocycles. The number of methoxy groups -OCH3 is 1. The number of aromatic nitrogens is 4. The SMILES string of the molecule is COc1cn2nccc2cc1Nc1ncnc2sc3c(c12)CC[C@H](C(=O)N1C[C@@H](C)O[C@@H](C)C1)C3. The molecule has 0 saturated carbocycles. The Bertz CT molecular complexity index is 1410. The van der Waals surface area contributed by atoms with Crippen molar-refractivity contribution in [2.45, 2.75) is 45.3 Å². The van der Waals surface area contributed by atoms with Gasteiger partial charge in [-0.3, -0.25) is 4.79 Å². The molecule has 1 aliphatic heterocycles. The van der Waals surface area contributed by atoms with Crippen molar-refractivity contribution in [3.05, 3.63) is 41.3 Å². The van der Waals surface area contributed by atoms with Gasteiger partial charge in [0.15, 0.2) is 5.75 Å². The number of anilines is 2. The summed E-state index contributed by atoms with van der Waals surface area (Å²) < 4.78 is 13.2. The van der Waals surface area contributed by atoms with Gasteiger partial charge in [0, 0.05) is 30.1 Å². The third-order valence-electron chi connectivity index (χ3n) is 6.90. The number of carbonyl (C=O) groups is 1. The summed E-state index contributed by atoms with van der Waals surface area (Å²) in [6, 6.07) is 3.94. The first-order valence-electron chi connectivity index (χ1n) is 12.0. The molecule has 1 saturated heterocycles. The summed E-state index contributed by atoms with van der Waals surface area (Å²) in [5, 5.41) is 8.81. The monoisotopic (exact) mass is 492 g/mol. The quantitative estimate of drug-likeness (QED) is 0.463. The lowest BCUT2D eigenvalue weighted by Crippen LogP contribution is -2.50. The largest absolute Gasteiger partial charge is 0.493 e. The summed E-state index contributed by atoms with van der Waals surface area (Å²) in [6.45, 7) is 5.41. The average molecular weight is 493 g/mol. The molecule has 1 aliphatic carbocycles. The first kappa shape index (κ1) is 22.2. The maximum absolute atomic E-state index is 13.3. The predicted molar refractivity (Wildman–Crippen MR) is 135 cm³/mol. The molecule has 0 spiro atoms. The molecule has 0 unspecified atom stereocenters. The molecule has 1 fully saturated rings. The van der Waals surface area contributed by atoms with Crippen molar-refractivity contribution in [2.24, 2.45) is 5.92 Å². The number of morpholine rings is 1. The molecule has 4 aromatic rings. The maximum Gasteiger partial charge on any atom is 0.226 e. The highest BCUT2D eigenvalue weighted by molar-refractivity contribution is 7.19. The first-order valence-corrected chi connectivity index (χ1v) is 12.8. The molecule has 0 bridgehead atoms. The number of aryl methyl sites for hydroxylation is 1. The van der Waals surface area contributed by atoms with E-state index in [-0.39, 0.29) is 24.0 Å². The normalized spacial score (nSPS) is 22.4. The predicted octanol–water partition coefficient (Wildman–Crippen LogP) is 3.83. The minimum atomic E-state index is 0.00166. The number of nitrogens with zero attached hydrogens (tertiary/aromatic N) is 5. The minimum Gasteiger partial charge on any atom is -0.493 e. The lowest BCUT2D eigenvalue weighted by atomic mass is 9.86. The summed E-state index contributed by atoms with van der Waals surface area (Å²) in [6.07, 6.45) is 7.77. The zero-order chi connectivity index (χ0) is 24.1. The fourth-order valence-corrected chi connectivity index (χ4v) is 6.63. The Morgan fingerprint density at radius 2 is 2.09 bits per heavy atom. The Labute approximate surface area is 207 Å². The van der Waals surface area contributed by atoms with Crippen molar-refractivity contribution < 1.29 is 14.3 Å². The van der Waals surface area contributed by atoms with Crippen LogP contribution in [0.4, 0.5) is 11.5 Å². The number of pyridine rings is 1. The van der Waals surface area contributed by atoms with E-state index in [1.807, 2.05) is 37.1 Å². The molecule has 10 heteroatoms. The summed E-state index contributed by atoms with van der Waals surface area (Å²) in [7, 11) is 1.64. The fourth-order valence-electron chi connectivity index (χ4n) is 5.37. The second-order valence-corrected chi connectivity index (χ2v) is 10.5. The van der Waals surface area contributed by atoms with Crippen LogP contribution in [0.15, 0.2) is 30.9 Å². The number of rotatable bonds is 4. The van der Waals surface area contributed by atoms with Gasteiger partial charge in [-0.2, -0.15) is 5.10 Å². The van der Waals surface area contributed by atoms with E-state index < -0.39 is 0 Å². The van der Waals surface area contributed by atoms with Gasteiger partial charge in [-0.05, 0) is 50.8 Å². The Morgan fingerprint density at radius 3 is 2.89 bits per heavy atom. The second kappa shape index (κ2) is 8.76. The van der Waals surface area contributed by atoms with Crippen molar-refractivity contribution in [3.8, 4) is 5.75 Å². The van der Waals surface area contributed by atoms with Gasteiger partial charge < -0.3 is 19.7 Å². The number of carbonyl (C=O) groups excluding carboxylic acids is 1. The van der Waals surface area contributed by atoms with Crippen LogP contribution in [0.1, 0.15) is 30.7 Å². The van der Waals surface area contributed by atoms with Gasteiger partial charge in [-0.25, -0.2) is 14.5 Å². The number of thiophene rings is 1. The Kier molecular flexibility index (Phi) is 5.57. The summed E-state index contributed by atoms with van der Waals surface area (Å²) in [5.41, 5.74) is 3.03. The second-order valence-electron chi connectivity index (χ2n) is 9.43. The summed E-state index contributed by atoms with van der Waals surface area (Å²) in [4.78, 5) is 26.7. The van der Waals surface area contributed by atoms with Crippen LogP contribution in [0, 0.1) is 5.92 Å². The van der Waals surface area contributed by atoms with Crippen molar-refractivity contribution >= 4 is 44.5 Å². The highest BCUT2D eigenvalue weighted by Crippen LogP contribution is 2.41. The number of nitrogens with one attached hydrogen (secondary N) is 1. The Morgan fingerprint density at radius 1 is 1.26 bits per heavy atom. The van der Waals surface area contributed by atoms with Gasteiger partial charge in [-0.1, -0.05) is 0 Å². The Balaban J connectivity index is 1.30. The van der Waals surface area contributed by atoms with Crippen LogP contribution in [0.5, 0.6) is 5.75 Å². The van der Waals surface area contributed by atoms with Crippen LogP contribution in [0.3, 0.4) is 0 Å². The highest BCUT2D eigenvalue weighted by Gasteiger charge is 2.34. The third kappa shape index (κ3) is 4.00. The number of fused-ring (bicyclic) bond motifs is 4. The van der Waals surface area contributed by atoms with E-state index in [1.54, 1.807) is 35.5 Å². The van der Waals surface area contributed by atoms with Crippen molar-refractivity contribution in [2.75, 3.05) is 25.5 Å². The maximum atomic E-state index is 13.3. The molecule has 6 rings (SSSR count). The number of hydrogen-bond donors (Lipinski definition) is 1. The minimum absolute atomic E-state index is 0.00166. The third-order valence-corrected chi connectivity index (χ3v) is 8.06. The first-order chi connectivity index (χ1) is 17.0. The van der Waals surface area contributed by atoms with Crippen LogP contribution >= 0.6 is 11.3 Å². The van der Waals surface area contributed by atoms with Gasteiger partial charge in [0.25, 0.3) is 0 Å². The van der Waals surface area contributed by atoms with Gasteiger partial charge >= 0.3 is 0 Å². The van der Waals surface area contributed by atoms with Crippen LogP contribution in [-0.4, -0.2) is 62.8 Å². The molecule has 3 atom stereocenters. The molecule has 9 nitrogen and oxygen atoms in total. The summed E-state index contributed by atoms with van der Waals surface area (Å²) in [5.74, 6) is 1.69. The molecule has 5 heterocycles. The van der Waals surface area contributed by atoms with E-state index in [0.29, 0.717) is 18.8 Å². The number of hydrogen-bond acceptors (Lipinski definition) is 8.